The number of thiophene rings is 1. The van der Waals surface area contributed by atoms with E-state index in [0.29, 0.717) is 34.0 Å². The Morgan fingerprint density at radius 1 is 0.935 bits per heavy atom. The van der Waals surface area contributed by atoms with Crippen LogP contribution in [0.2, 0.25) is 0 Å². The lowest BCUT2D eigenvalue weighted by atomic mass is 10.1. The largest absolute Gasteiger partial charge is 0.465 e. The van der Waals surface area contributed by atoms with E-state index in [-0.39, 0.29) is 17.4 Å². The zero-order valence-electron chi connectivity index (χ0n) is 17.7. The van der Waals surface area contributed by atoms with E-state index in [1.54, 1.807) is 19.1 Å². The molecule has 3 rings (SSSR count). The first-order valence-corrected chi connectivity index (χ1v) is 10.6. The molecule has 31 heavy (non-hydrogen) atoms. The Morgan fingerprint density at radius 2 is 1.61 bits per heavy atom. The van der Waals surface area contributed by atoms with Crippen molar-refractivity contribution in [3.63, 3.8) is 0 Å². The summed E-state index contributed by atoms with van der Waals surface area (Å²) in [4.78, 5) is 38.1. The molecule has 0 atom stereocenters. The summed E-state index contributed by atoms with van der Waals surface area (Å²) in [6.07, 6.45) is 0.692. The molecule has 0 radical (unpaired) electrons. The molecule has 2 amide bonds. The summed E-state index contributed by atoms with van der Waals surface area (Å²) in [5.74, 6) is -1.25. The lowest BCUT2D eigenvalue weighted by molar-refractivity contribution is 0.0601. The number of hydrogen-bond acceptors (Lipinski definition) is 5. The third kappa shape index (κ3) is 5.38. The van der Waals surface area contributed by atoms with Crippen molar-refractivity contribution in [2.45, 2.75) is 20.3 Å². The van der Waals surface area contributed by atoms with Crippen molar-refractivity contribution in [3.05, 3.63) is 87.3 Å². The molecular formula is C24H24N2O4S. The molecule has 2 N–H and O–H groups in total. The van der Waals surface area contributed by atoms with Crippen LogP contribution in [0.4, 0.5) is 5.00 Å². The molecule has 160 valence electrons. The first-order chi connectivity index (χ1) is 14.9. The predicted octanol–water partition coefficient (Wildman–Crippen LogP) is 4.38. The summed E-state index contributed by atoms with van der Waals surface area (Å²) in [7, 11) is 1.27. The van der Waals surface area contributed by atoms with Gasteiger partial charge in [0.15, 0.2) is 0 Å². The number of ether oxygens (including phenoxy) is 1. The van der Waals surface area contributed by atoms with E-state index in [4.69, 9.17) is 4.74 Å². The van der Waals surface area contributed by atoms with Crippen molar-refractivity contribution in [1.82, 2.24) is 5.32 Å². The van der Waals surface area contributed by atoms with Gasteiger partial charge in [0.1, 0.15) is 5.00 Å². The van der Waals surface area contributed by atoms with Crippen molar-refractivity contribution >= 4 is 34.1 Å². The minimum absolute atomic E-state index is 0.196. The smallest absolute Gasteiger partial charge is 0.341 e. The number of benzene rings is 2. The van der Waals surface area contributed by atoms with E-state index in [2.05, 4.69) is 10.6 Å². The highest BCUT2D eigenvalue weighted by Crippen LogP contribution is 2.34. The maximum Gasteiger partial charge on any atom is 0.341 e. The Hall–Kier alpha value is -3.45. The number of anilines is 1. The number of aryl methyl sites for hydroxylation is 1. The lowest BCUT2D eigenvalue weighted by Gasteiger charge is -2.06. The zero-order valence-corrected chi connectivity index (χ0v) is 18.5. The monoisotopic (exact) mass is 436 g/mol. The summed E-state index contributed by atoms with van der Waals surface area (Å²) in [5.41, 5.74) is 3.29. The fraction of sp³-hybridized carbons (Fsp3) is 0.208. The van der Waals surface area contributed by atoms with Gasteiger partial charge in [0, 0.05) is 12.1 Å². The van der Waals surface area contributed by atoms with Gasteiger partial charge in [-0.1, -0.05) is 48.0 Å². The molecule has 2 aromatic carbocycles. The number of carbonyl (C=O) groups is 3. The van der Waals surface area contributed by atoms with Crippen molar-refractivity contribution in [1.29, 1.82) is 0 Å². The summed E-state index contributed by atoms with van der Waals surface area (Å²) in [6.45, 7) is 4.07. The van der Waals surface area contributed by atoms with Crippen LogP contribution in [-0.4, -0.2) is 31.4 Å². The molecule has 0 saturated carbocycles. The molecule has 0 fully saturated rings. The van der Waals surface area contributed by atoms with Crippen LogP contribution in [0.15, 0.2) is 54.6 Å². The second kappa shape index (κ2) is 10.0. The van der Waals surface area contributed by atoms with Crippen molar-refractivity contribution in [3.8, 4) is 0 Å². The summed E-state index contributed by atoms with van der Waals surface area (Å²) >= 11 is 1.07. The van der Waals surface area contributed by atoms with Gasteiger partial charge in [-0.3, -0.25) is 9.59 Å². The Kier molecular flexibility index (Phi) is 7.20. The first kappa shape index (κ1) is 22.2. The predicted molar refractivity (Wildman–Crippen MR) is 122 cm³/mol. The van der Waals surface area contributed by atoms with Crippen LogP contribution in [0.3, 0.4) is 0 Å². The van der Waals surface area contributed by atoms with E-state index in [1.807, 2.05) is 49.4 Å². The Labute approximate surface area is 185 Å². The van der Waals surface area contributed by atoms with E-state index in [1.165, 1.54) is 7.11 Å². The van der Waals surface area contributed by atoms with Gasteiger partial charge in [0.25, 0.3) is 11.8 Å². The quantitative estimate of drug-likeness (QED) is 0.539. The third-order valence-corrected chi connectivity index (χ3v) is 6.03. The van der Waals surface area contributed by atoms with Crippen LogP contribution >= 0.6 is 11.3 Å². The van der Waals surface area contributed by atoms with Crippen LogP contribution in [0, 0.1) is 13.8 Å². The molecule has 0 spiro atoms. The Morgan fingerprint density at radius 3 is 2.26 bits per heavy atom. The molecule has 0 unspecified atom stereocenters. The van der Waals surface area contributed by atoms with E-state index < -0.39 is 5.97 Å². The molecule has 1 aromatic heterocycles. The molecule has 0 aliphatic heterocycles. The molecule has 0 aliphatic carbocycles. The maximum absolute atomic E-state index is 12.8. The van der Waals surface area contributed by atoms with Gasteiger partial charge < -0.3 is 15.4 Å². The van der Waals surface area contributed by atoms with E-state index in [0.717, 1.165) is 22.5 Å². The molecule has 6 nitrogen and oxygen atoms in total. The maximum atomic E-state index is 12.8. The Balaban J connectivity index is 1.78. The second-order valence-corrected chi connectivity index (χ2v) is 8.08. The van der Waals surface area contributed by atoms with Gasteiger partial charge in [0.2, 0.25) is 0 Å². The molecule has 0 aliphatic rings. The van der Waals surface area contributed by atoms with Crippen LogP contribution in [0.5, 0.6) is 0 Å². The summed E-state index contributed by atoms with van der Waals surface area (Å²) in [5, 5.41) is 5.94. The van der Waals surface area contributed by atoms with E-state index >= 15 is 0 Å². The topological polar surface area (TPSA) is 84.5 Å². The number of esters is 1. The fourth-order valence-corrected chi connectivity index (χ4v) is 4.20. The average molecular weight is 437 g/mol. The zero-order chi connectivity index (χ0) is 22.4. The highest BCUT2D eigenvalue weighted by atomic mass is 32.1. The van der Waals surface area contributed by atoms with Crippen LogP contribution in [0.25, 0.3) is 0 Å². The lowest BCUT2D eigenvalue weighted by Crippen LogP contribution is -2.25. The Bertz CT molecular complexity index is 1090. The van der Waals surface area contributed by atoms with Crippen LogP contribution in [0.1, 0.15) is 47.1 Å². The van der Waals surface area contributed by atoms with E-state index in [9.17, 15) is 14.4 Å². The summed E-state index contributed by atoms with van der Waals surface area (Å²) in [6, 6.07) is 16.9. The van der Waals surface area contributed by atoms with Crippen molar-refractivity contribution in [2.24, 2.45) is 0 Å². The third-order valence-electron chi connectivity index (χ3n) is 4.83. The van der Waals surface area contributed by atoms with Gasteiger partial charge in [-0.15, -0.1) is 11.3 Å². The molecule has 3 aromatic rings. The minimum Gasteiger partial charge on any atom is -0.465 e. The minimum atomic E-state index is -0.601. The van der Waals surface area contributed by atoms with Gasteiger partial charge in [-0.25, -0.2) is 4.79 Å². The van der Waals surface area contributed by atoms with Gasteiger partial charge in [-0.05, 0) is 43.5 Å². The number of rotatable bonds is 7. The molecule has 0 bridgehead atoms. The number of methoxy groups -OCH3 is 1. The van der Waals surface area contributed by atoms with Gasteiger partial charge in [-0.2, -0.15) is 0 Å². The average Bonchev–Trinajstić information content (AvgIpc) is 3.10. The summed E-state index contributed by atoms with van der Waals surface area (Å²) < 4.78 is 4.88. The molecular weight excluding hydrogens is 412 g/mol. The number of amides is 2. The second-order valence-electron chi connectivity index (χ2n) is 7.06. The molecule has 1 heterocycles. The highest BCUT2D eigenvalue weighted by Gasteiger charge is 2.26. The van der Waals surface area contributed by atoms with Crippen molar-refractivity contribution < 1.29 is 19.1 Å². The van der Waals surface area contributed by atoms with Gasteiger partial charge in [0.05, 0.1) is 17.6 Å². The standard InChI is InChI=1S/C24H24N2O4S/c1-15-9-11-18(12-10-15)21(27)26-23-19(24(29)30-3)16(2)20(31-23)22(28)25-14-13-17-7-5-4-6-8-17/h4-12H,13-14H2,1-3H3,(H,25,28)(H,26,27). The SMILES string of the molecule is COC(=O)c1c(NC(=O)c2ccc(C)cc2)sc(C(=O)NCCc2ccccc2)c1C. The first-order valence-electron chi connectivity index (χ1n) is 9.82. The van der Waals surface area contributed by atoms with Crippen LogP contribution in [-0.2, 0) is 11.2 Å². The number of carbonyl (C=O) groups excluding carboxylic acids is 3. The highest BCUT2D eigenvalue weighted by molar-refractivity contribution is 7.18. The van der Waals surface area contributed by atoms with Crippen LogP contribution < -0.4 is 10.6 Å². The fourth-order valence-electron chi connectivity index (χ4n) is 3.09. The van der Waals surface area contributed by atoms with Gasteiger partial charge >= 0.3 is 5.97 Å². The molecule has 7 heteroatoms. The normalized spacial score (nSPS) is 10.4. The van der Waals surface area contributed by atoms with Crippen molar-refractivity contribution in [2.75, 3.05) is 19.0 Å². The number of hydrogen-bond donors (Lipinski definition) is 2. The number of nitrogens with one attached hydrogen (secondary N) is 2. The molecule has 0 saturated heterocycles.